The van der Waals surface area contributed by atoms with Crippen molar-refractivity contribution in [3.05, 3.63) is 24.3 Å². The maximum atomic E-state index is 12.3. The number of carbonyl (C=O) groups is 2. The van der Waals surface area contributed by atoms with Crippen LogP contribution in [0.4, 0.5) is 5.69 Å². The molecule has 2 atom stereocenters. The monoisotopic (exact) mass is 388 g/mol. The molecule has 154 valence electrons. The van der Waals surface area contributed by atoms with Gasteiger partial charge in [0.2, 0.25) is 5.91 Å². The van der Waals surface area contributed by atoms with E-state index in [0.29, 0.717) is 38.6 Å². The summed E-state index contributed by atoms with van der Waals surface area (Å²) in [5.41, 5.74) is 0.856. The zero-order chi connectivity index (χ0) is 19.9. The summed E-state index contributed by atoms with van der Waals surface area (Å²) in [6.07, 6.45) is 4.32. The van der Waals surface area contributed by atoms with Crippen molar-refractivity contribution in [1.82, 2.24) is 4.90 Å². The molecule has 28 heavy (non-hydrogen) atoms. The van der Waals surface area contributed by atoms with Crippen molar-refractivity contribution in [1.29, 1.82) is 0 Å². The summed E-state index contributed by atoms with van der Waals surface area (Å²) in [4.78, 5) is 28.2. The van der Waals surface area contributed by atoms with Crippen LogP contribution < -0.4 is 9.64 Å². The van der Waals surface area contributed by atoms with Crippen molar-refractivity contribution in [2.75, 3.05) is 37.7 Å². The Labute approximate surface area is 167 Å². The number of anilines is 1. The van der Waals surface area contributed by atoms with Crippen LogP contribution in [-0.2, 0) is 14.3 Å². The fraction of sp³-hybridized carbons (Fsp3) is 0.636. The van der Waals surface area contributed by atoms with Gasteiger partial charge in [0.25, 0.3) is 0 Å². The number of likely N-dealkylation sites (tertiary alicyclic amines) is 1. The first kappa shape index (κ1) is 20.6. The van der Waals surface area contributed by atoms with Crippen molar-refractivity contribution < 1.29 is 19.1 Å². The first-order chi connectivity index (χ1) is 13.6. The smallest absolute Gasteiger partial charge is 0.306 e. The molecule has 1 aromatic rings. The van der Waals surface area contributed by atoms with Crippen molar-refractivity contribution >= 4 is 17.6 Å². The zero-order valence-electron chi connectivity index (χ0n) is 17.1. The third-order valence-electron chi connectivity index (χ3n) is 5.66. The van der Waals surface area contributed by atoms with Gasteiger partial charge in [-0.05, 0) is 69.8 Å². The maximum absolute atomic E-state index is 12.3. The molecule has 0 saturated carbocycles. The average molecular weight is 389 g/mol. The van der Waals surface area contributed by atoms with E-state index in [9.17, 15) is 9.59 Å². The summed E-state index contributed by atoms with van der Waals surface area (Å²) < 4.78 is 10.8. The van der Waals surface area contributed by atoms with Crippen LogP contribution in [-0.4, -0.2) is 55.7 Å². The molecule has 0 aromatic heterocycles. The molecule has 0 spiro atoms. The molecular formula is C22H32N2O4. The van der Waals surface area contributed by atoms with Crippen molar-refractivity contribution in [2.45, 2.75) is 52.0 Å². The molecule has 0 N–H and O–H groups in total. The zero-order valence-corrected chi connectivity index (χ0v) is 17.1. The second kappa shape index (κ2) is 9.92. The largest absolute Gasteiger partial charge is 0.494 e. The third kappa shape index (κ3) is 5.47. The number of benzene rings is 1. The van der Waals surface area contributed by atoms with Crippen molar-refractivity contribution in [3.63, 3.8) is 0 Å². The lowest BCUT2D eigenvalue weighted by Crippen LogP contribution is -2.28. The highest BCUT2D eigenvalue weighted by molar-refractivity contribution is 5.96. The predicted octanol–water partition coefficient (Wildman–Crippen LogP) is 3.25. The van der Waals surface area contributed by atoms with Gasteiger partial charge in [-0.3, -0.25) is 9.59 Å². The lowest BCUT2D eigenvalue weighted by Gasteiger charge is -2.20. The summed E-state index contributed by atoms with van der Waals surface area (Å²) in [5.74, 6) is 0.681. The molecule has 2 aliphatic rings. The Kier molecular flexibility index (Phi) is 7.31. The Morgan fingerprint density at radius 1 is 1.25 bits per heavy atom. The summed E-state index contributed by atoms with van der Waals surface area (Å²) in [5, 5.41) is 0. The Morgan fingerprint density at radius 3 is 2.71 bits per heavy atom. The van der Waals surface area contributed by atoms with Gasteiger partial charge in [-0.1, -0.05) is 0 Å². The van der Waals surface area contributed by atoms with E-state index in [0.717, 1.165) is 24.4 Å². The van der Waals surface area contributed by atoms with Gasteiger partial charge in [-0.2, -0.15) is 0 Å². The van der Waals surface area contributed by atoms with E-state index in [1.165, 1.54) is 19.4 Å². The number of carbonyl (C=O) groups excluding carboxylic acids is 2. The van der Waals surface area contributed by atoms with Crippen molar-refractivity contribution in [2.24, 2.45) is 5.92 Å². The van der Waals surface area contributed by atoms with Crippen LogP contribution >= 0.6 is 0 Å². The maximum Gasteiger partial charge on any atom is 0.306 e. The first-order valence-electron chi connectivity index (χ1n) is 10.5. The summed E-state index contributed by atoms with van der Waals surface area (Å²) in [6, 6.07) is 8.37. The average Bonchev–Trinajstić information content (AvgIpc) is 3.24. The van der Waals surface area contributed by atoms with Crippen molar-refractivity contribution in [3.8, 4) is 5.75 Å². The molecule has 0 unspecified atom stereocenters. The quantitative estimate of drug-likeness (QED) is 0.480. The van der Waals surface area contributed by atoms with E-state index in [2.05, 4.69) is 11.8 Å². The molecule has 2 aliphatic heterocycles. The molecule has 0 aliphatic carbocycles. The molecule has 3 rings (SSSR count). The number of hydrogen-bond acceptors (Lipinski definition) is 5. The predicted molar refractivity (Wildman–Crippen MR) is 109 cm³/mol. The second-order valence-corrected chi connectivity index (χ2v) is 7.81. The SMILES string of the molecule is CCOC(=O)C[C@H]1CC(=O)N(c2ccc(OCCCN3CCC[C@H]3C)cc2)C1. The van der Waals surface area contributed by atoms with E-state index >= 15 is 0 Å². The van der Waals surface area contributed by atoms with Crippen LogP contribution in [0, 0.1) is 5.92 Å². The minimum absolute atomic E-state index is 0.0236. The molecule has 0 bridgehead atoms. The first-order valence-corrected chi connectivity index (χ1v) is 10.5. The molecule has 6 heteroatoms. The number of nitrogens with zero attached hydrogens (tertiary/aromatic N) is 2. The number of esters is 1. The Hall–Kier alpha value is -2.08. The molecule has 2 saturated heterocycles. The normalized spacial score (nSPS) is 22.6. The van der Waals surface area contributed by atoms with Crippen LogP contribution in [0.2, 0.25) is 0 Å². The highest BCUT2D eigenvalue weighted by Gasteiger charge is 2.32. The van der Waals surface area contributed by atoms with Gasteiger partial charge in [-0.15, -0.1) is 0 Å². The molecule has 2 fully saturated rings. The standard InChI is InChI=1S/C22H32N2O4/c1-3-27-22(26)15-18-14-21(25)24(16-18)19-7-9-20(10-8-19)28-13-5-12-23-11-4-6-17(23)2/h7-10,17-18H,3-6,11-16H2,1-2H3/t17-,18-/m1/s1. The summed E-state index contributed by atoms with van der Waals surface area (Å²) in [6.45, 7) is 8.02. The van der Waals surface area contributed by atoms with E-state index < -0.39 is 0 Å². The van der Waals surface area contributed by atoms with E-state index in [-0.39, 0.29) is 17.8 Å². The molecule has 1 aromatic carbocycles. The Balaban J connectivity index is 1.43. The highest BCUT2D eigenvalue weighted by atomic mass is 16.5. The molecule has 1 amide bonds. The fourth-order valence-electron chi connectivity index (χ4n) is 4.13. The third-order valence-corrected chi connectivity index (χ3v) is 5.66. The van der Waals surface area contributed by atoms with Crippen LogP contribution in [0.5, 0.6) is 5.75 Å². The minimum atomic E-state index is -0.228. The number of rotatable bonds is 9. The number of hydrogen-bond donors (Lipinski definition) is 0. The Morgan fingerprint density at radius 2 is 2.04 bits per heavy atom. The minimum Gasteiger partial charge on any atom is -0.494 e. The molecule has 6 nitrogen and oxygen atoms in total. The van der Waals surface area contributed by atoms with E-state index in [1.807, 2.05) is 24.3 Å². The van der Waals surface area contributed by atoms with E-state index in [1.54, 1.807) is 11.8 Å². The number of ether oxygens (including phenoxy) is 2. The van der Waals surface area contributed by atoms with Gasteiger partial charge in [-0.25, -0.2) is 0 Å². The molecule has 0 radical (unpaired) electrons. The fourth-order valence-corrected chi connectivity index (χ4v) is 4.13. The van der Waals surface area contributed by atoms with E-state index in [4.69, 9.17) is 9.47 Å². The van der Waals surface area contributed by atoms with Gasteiger partial charge in [0.05, 0.1) is 19.6 Å². The van der Waals surface area contributed by atoms with Gasteiger partial charge in [0, 0.05) is 31.2 Å². The van der Waals surface area contributed by atoms with Crippen LogP contribution in [0.25, 0.3) is 0 Å². The highest BCUT2D eigenvalue weighted by Crippen LogP contribution is 2.28. The van der Waals surface area contributed by atoms with Gasteiger partial charge < -0.3 is 19.3 Å². The van der Waals surface area contributed by atoms with Crippen LogP contribution in [0.1, 0.15) is 46.0 Å². The molecular weight excluding hydrogens is 356 g/mol. The van der Waals surface area contributed by atoms with Gasteiger partial charge in [0.1, 0.15) is 5.75 Å². The van der Waals surface area contributed by atoms with Crippen LogP contribution in [0.3, 0.4) is 0 Å². The molecule has 2 heterocycles. The lowest BCUT2D eigenvalue weighted by atomic mass is 10.1. The lowest BCUT2D eigenvalue weighted by molar-refractivity contribution is -0.144. The topological polar surface area (TPSA) is 59.1 Å². The number of amides is 1. The second-order valence-electron chi connectivity index (χ2n) is 7.81. The summed E-state index contributed by atoms with van der Waals surface area (Å²) >= 11 is 0. The Bertz CT molecular complexity index is 661. The van der Waals surface area contributed by atoms with Crippen LogP contribution in [0.15, 0.2) is 24.3 Å². The van der Waals surface area contributed by atoms with Gasteiger partial charge in [0.15, 0.2) is 0 Å². The summed E-state index contributed by atoms with van der Waals surface area (Å²) in [7, 11) is 0. The van der Waals surface area contributed by atoms with Gasteiger partial charge >= 0.3 is 5.97 Å².